The number of hydrogen-bond acceptors (Lipinski definition) is 6. The summed E-state index contributed by atoms with van der Waals surface area (Å²) in [6, 6.07) is 15.3. The van der Waals surface area contributed by atoms with Crippen LogP contribution in [-0.4, -0.2) is 61.5 Å². The molecule has 0 unspecified atom stereocenters. The number of hydrogen-bond donors (Lipinski definition) is 3. The predicted octanol–water partition coefficient (Wildman–Crippen LogP) is 3.49. The van der Waals surface area contributed by atoms with Crippen LogP contribution in [0.4, 0.5) is 0 Å². The average molecular weight is 492 g/mol. The summed E-state index contributed by atoms with van der Waals surface area (Å²) in [5.74, 6) is 0.879. The number of phenolic OH excluding ortho intramolecular Hbond substituents is 1. The van der Waals surface area contributed by atoms with E-state index < -0.39 is 0 Å². The van der Waals surface area contributed by atoms with Gasteiger partial charge in [-0.25, -0.2) is 0 Å². The van der Waals surface area contributed by atoms with Gasteiger partial charge in [0.1, 0.15) is 23.9 Å². The van der Waals surface area contributed by atoms with E-state index >= 15 is 0 Å². The van der Waals surface area contributed by atoms with Crippen molar-refractivity contribution in [1.29, 1.82) is 0 Å². The van der Waals surface area contributed by atoms with E-state index in [0.717, 1.165) is 49.4 Å². The molecule has 36 heavy (non-hydrogen) atoms. The zero-order valence-electron chi connectivity index (χ0n) is 21.2. The number of nitrogens with zero attached hydrogens (tertiary/aromatic N) is 1. The number of carbonyl (C=O) groups is 2. The molecule has 0 radical (unpaired) electrons. The van der Waals surface area contributed by atoms with Crippen LogP contribution in [0.5, 0.6) is 11.5 Å². The molecule has 1 amide bonds. The minimum Gasteiger partial charge on any atom is -0.507 e. The zero-order chi connectivity index (χ0) is 26.8. The molecule has 1 heterocycles. The van der Waals surface area contributed by atoms with Crippen molar-refractivity contribution in [3.8, 4) is 24.3 Å². The van der Waals surface area contributed by atoms with Crippen molar-refractivity contribution in [1.82, 2.24) is 10.2 Å². The van der Waals surface area contributed by atoms with Gasteiger partial charge in [0.15, 0.2) is 0 Å². The molecule has 0 aliphatic carbocycles. The first-order valence-corrected chi connectivity index (χ1v) is 11.8. The zero-order valence-corrected chi connectivity index (χ0v) is 21.2. The standard InChI is InChI=1S/C26H32N2O3.C2H2.CH3NO/c1-3-21(22-7-5-4-6-8-22)18-23(17-20(2)29)25-19-24(9-10-26(25)30)31-16-15-28-13-11-27-12-14-28;1-2;2-1-3/h3-10,18-19,27,30H,11-17H2,1-2H3;1-2H;1H,(H2,2,3)/b21-3+,23-18+;;. The van der Waals surface area contributed by atoms with E-state index in [1.54, 1.807) is 19.1 Å². The maximum Gasteiger partial charge on any atom is 0.204 e. The lowest BCUT2D eigenvalue weighted by Gasteiger charge is -2.27. The monoisotopic (exact) mass is 491 g/mol. The van der Waals surface area contributed by atoms with Crippen LogP contribution in [0, 0.1) is 12.8 Å². The fourth-order valence-electron chi connectivity index (χ4n) is 3.73. The number of nitrogens with two attached hydrogens (primary N) is 1. The summed E-state index contributed by atoms with van der Waals surface area (Å²) in [4.78, 5) is 22.9. The lowest BCUT2D eigenvalue weighted by Crippen LogP contribution is -2.44. The number of amides is 1. The van der Waals surface area contributed by atoms with E-state index in [2.05, 4.69) is 28.8 Å². The number of benzene rings is 2. The molecule has 1 saturated heterocycles. The highest BCUT2D eigenvalue weighted by Crippen LogP contribution is 2.33. The number of ketones is 1. The first kappa shape index (κ1) is 30.2. The van der Waals surface area contributed by atoms with Crippen molar-refractivity contribution in [2.75, 3.05) is 39.3 Å². The second kappa shape index (κ2) is 17.6. The molecule has 1 fully saturated rings. The average Bonchev–Trinajstić information content (AvgIpc) is 2.90. The fraction of sp³-hybridized carbons (Fsp3) is 0.310. The number of carbonyl (C=O) groups excluding carboxylic acids is 2. The molecule has 2 aromatic carbocycles. The fourth-order valence-corrected chi connectivity index (χ4v) is 3.73. The van der Waals surface area contributed by atoms with Crippen molar-refractivity contribution in [2.24, 2.45) is 5.73 Å². The minimum atomic E-state index is 0.0409. The van der Waals surface area contributed by atoms with Crippen LogP contribution in [0.15, 0.2) is 60.7 Å². The van der Waals surface area contributed by atoms with E-state index in [9.17, 15) is 9.90 Å². The summed E-state index contributed by atoms with van der Waals surface area (Å²) in [5.41, 5.74) is 7.63. The lowest BCUT2D eigenvalue weighted by molar-refractivity contribution is -0.116. The summed E-state index contributed by atoms with van der Waals surface area (Å²) in [7, 11) is 0. The highest BCUT2D eigenvalue weighted by molar-refractivity contribution is 5.94. The number of nitrogens with one attached hydrogen (secondary N) is 1. The van der Waals surface area contributed by atoms with Gasteiger partial charge in [-0.3, -0.25) is 14.5 Å². The van der Waals surface area contributed by atoms with Crippen molar-refractivity contribution >= 4 is 23.3 Å². The molecule has 192 valence electrons. The SMILES string of the molecule is C#C.C/C=C(\C=C(/CC(C)=O)c1cc(OCCN2CCNCC2)ccc1O)c1ccccc1.NC=O. The Balaban J connectivity index is 0.00000120. The summed E-state index contributed by atoms with van der Waals surface area (Å²) < 4.78 is 5.98. The van der Waals surface area contributed by atoms with E-state index in [4.69, 9.17) is 9.53 Å². The molecule has 0 aromatic heterocycles. The maximum atomic E-state index is 12.0. The van der Waals surface area contributed by atoms with Crippen molar-refractivity contribution in [3.05, 3.63) is 71.8 Å². The number of aromatic hydroxyl groups is 1. The Hall–Kier alpha value is -3.86. The molecular weight excluding hydrogens is 454 g/mol. The number of ether oxygens (including phenoxy) is 1. The number of primary amides is 1. The molecular formula is C29H37N3O4. The number of allylic oxidation sites excluding steroid dienone is 4. The minimum absolute atomic E-state index is 0.0409. The molecule has 1 aliphatic heterocycles. The number of Topliss-reactive ketones (excluding diaryl/α,β-unsaturated/α-hetero) is 1. The Morgan fingerprint density at radius 3 is 2.39 bits per heavy atom. The van der Waals surface area contributed by atoms with Crippen LogP contribution >= 0.6 is 0 Å². The van der Waals surface area contributed by atoms with Gasteiger partial charge in [0, 0.05) is 44.7 Å². The highest BCUT2D eigenvalue weighted by atomic mass is 16.5. The molecule has 7 nitrogen and oxygen atoms in total. The van der Waals surface area contributed by atoms with E-state index in [-0.39, 0.29) is 24.4 Å². The van der Waals surface area contributed by atoms with Gasteiger partial charge in [0.25, 0.3) is 0 Å². The summed E-state index contributed by atoms with van der Waals surface area (Å²) >= 11 is 0. The Kier molecular flexibility index (Phi) is 14.7. The van der Waals surface area contributed by atoms with Crippen LogP contribution in [0.1, 0.15) is 31.4 Å². The molecule has 0 saturated carbocycles. The van der Waals surface area contributed by atoms with Crippen LogP contribution < -0.4 is 15.8 Å². The Bertz CT molecular complexity index is 1020. The van der Waals surface area contributed by atoms with Crippen LogP contribution in [0.25, 0.3) is 11.1 Å². The Morgan fingerprint density at radius 2 is 1.81 bits per heavy atom. The number of phenols is 1. The van der Waals surface area contributed by atoms with Crippen LogP contribution in [0.3, 0.4) is 0 Å². The molecule has 1 aliphatic rings. The third kappa shape index (κ3) is 10.6. The second-order valence-electron chi connectivity index (χ2n) is 7.91. The smallest absolute Gasteiger partial charge is 0.204 e. The normalized spacial score (nSPS) is 13.9. The number of piperazine rings is 1. The maximum absolute atomic E-state index is 12.0. The van der Waals surface area contributed by atoms with Gasteiger partial charge in [0.05, 0.1) is 0 Å². The van der Waals surface area contributed by atoms with Gasteiger partial charge in [-0.2, -0.15) is 0 Å². The Morgan fingerprint density at radius 1 is 1.17 bits per heavy atom. The van der Waals surface area contributed by atoms with Crippen molar-refractivity contribution in [2.45, 2.75) is 20.3 Å². The van der Waals surface area contributed by atoms with Crippen LogP contribution in [-0.2, 0) is 9.59 Å². The third-order valence-corrected chi connectivity index (χ3v) is 5.39. The van der Waals surface area contributed by atoms with Crippen molar-refractivity contribution < 1.29 is 19.4 Å². The van der Waals surface area contributed by atoms with Gasteiger partial charge in [-0.1, -0.05) is 42.5 Å². The van der Waals surface area contributed by atoms with Crippen molar-refractivity contribution in [3.63, 3.8) is 0 Å². The largest absolute Gasteiger partial charge is 0.507 e. The van der Waals surface area contributed by atoms with E-state index in [0.29, 0.717) is 17.9 Å². The van der Waals surface area contributed by atoms with Gasteiger partial charge >= 0.3 is 0 Å². The van der Waals surface area contributed by atoms with E-state index in [1.807, 2.05) is 55.5 Å². The van der Waals surface area contributed by atoms with Gasteiger partial charge in [-0.15, -0.1) is 12.8 Å². The van der Waals surface area contributed by atoms with Crippen LogP contribution in [0.2, 0.25) is 0 Å². The van der Waals surface area contributed by atoms with Gasteiger partial charge in [-0.05, 0) is 48.8 Å². The molecule has 2 aromatic rings. The molecule has 0 spiro atoms. The second-order valence-corrected chi connectivity index (χ2v) is 7.91. The molecule has 0 bridgehead atoms. The first-order chi connectivity index (χ1) is 17.5. The lowest BCUT2D eigenvalue weighted by atomic mass is 9.94. The topological polar surface area (TPSA) is 105 Å². The summed E-state index contributed by atoms with van der Waals surface area (Å²) in [5, 5.41) is 13.9. The molecule has 7 heteroatoms. The third-order valence-electron chi connectivity index (χ3n) is 5.39. The van der Waals surface area contributed by atoms with Gasteiger partial charge < -0.3 is 20.9 Å². The summed E-state index contributed by atoms with van der Waals surface area (Å²) in [6.07, 6.45) is 12.5. The molecule has 4 N–H and O–H groups in total. The predicted molar refractivity (Wildman–Crippen MR) is 146 cm³/mol. The Labute approximate surface area is 214 Å². The number of terminal acetylenes is 1. The molecule has 0 atom stereocenters. The van der Waals surface area contributed by atoms with Gasteiger partial charge in [0.2, 0.25) is 6.41 Å². The van der Waals surface area contributed by atoms with E-state index in [1.165, 1.54) is 0 Å². The first-order valence-electron chi connectivity index (χ1n) is 11.8. The highest BCUT2D eigenvalue weighted by Gasteiger charge is 2.14. The number of rotatable bonds is 9. The quantitative estimate of drug-likeness (QED) is 0.282. The molecule has 3 rings (SSSR count). The summed E-state index contributed by atoms with van der Waals surface area (Å²) in [6.45, 7) is 9.07.